The summed E-state index contributed by atoms with van der Waals surface area (Å²) in [6, 6.07) is 10.6. The van der Waals surface area contributed by atoms with Crippen molar-refractivity contribution >= 4 is 20.9 Å². The summed E-state index contributed by atoms with van der Waals surface area (Å²) >= 11 is 0. The number of oxazole rings is 1. The zero-order valence-corrected chi connectivity index (χ0v) is 27.2. The van der Waals surface area contributed by atoms with Gasteiger partial charge in [-0.15, -0.1) is 10.2 Å². The van der Waals surface area contributed by atoms with E-state index >= 15 is 0 Å². The Kier molecular flexibility index (Phi) is 8.01. The number of aromatic nitrogens is 5. The van der Waals surface area contributed by atoms with E-state index in [1.165, 1.54) is 10.8 Å². The summed E-state index contributed by atoms with van der Waals surface area (Å²) in [7, 11) is -3.75. The first-order valence-electron chi connectivity index (χ1n) is 15.8. The second-order valence-corrected chi connectivity index (χ2v) is 14.6. The Labute approximate surface area is 271 Å². The van der Waals surface area contributed by atoms with Gasteiger partial charge < -0.3 is 13.6 Å². The highest BCUT2D eigenvalue weighted by Gasteiger charge is 2.43. The van der Waals surface area contributed by atoms with E-state index in [1.807, 2.05) is 19.9 Å². The molecule has 4 aromatic heterocycles. The van der Waals surface area contributed by atoms with Gasteiger partial charge in [0.25, 0.3) is 0 Å². The van der Waals surface area contributed by atoms with Gasteiger partial charge in [-0.05, 0) is 67.3 Å². The molecule has 0 spiro atoms. The molecular weight excluding hydrogens is 620 g/mol. The van der Waals surface area contributed by atoms with Crippen molar-refractivity contribution in [3.8, 4) is 28.7 Å². The van der Waals surface area contributed by atoms with Crippen LogP contribution >= 0.6 is 0 Å². The van der Waals surface area contributed by atoms with Crippen LogP contribution in [0.25, 0.3) is 33.7 Å². The SMILES string of the molecule is Cc1nnc(-c2c(CCC3CCOCC3)nc3c(c2-c2ccc4c(c2)oc(=O)n4Cc2ccc(C#N)cn2)S(=O)(=O)CC3C(C)C)o1. The first-order valence-corrected chi connectivity index (χ1v) is 17.4. The number of aryl methyl sites for hydroxylation is 2. The van der Waals surface area contributed by atoms with Gasteiger partial charge in [0.1, 0.15) is 6.07 Å². The number of pyridine rings is 2. The molecule has 0 saturated carbocycles. The zero-order valence-electron chi connectivity index (χ0n) is 26.4. The topological polar surface area (TPSA) is 167 Å². The lowest BCUT2D eigenvalue weighted by Crippen LogP contribution is -2.17. The largest absolute Gasteiger partial charge is 0.421 e. The normalized spacial score (nSPS) is 17.7. The van der Waals surface area contributed by atoms with Gasteiger partial charge in [0.15, 0.2) is 15.4 Å². The van der Waals surface area contributed by atoms with E-state index in [0.29, 0.717) is 68.7 Å². The van der Waals surface area contributed by atoms with E-state index in [0.717, 1.165) is 32.5 Å². The lowest BCUT2D eigenvalue weighted by molar-refractivity contribution is 0.0639. The van der Waals surface area contributed by atoms with Crippen LogP contribution in [0.2, 0.25) is 0 Å². The molecule has 1 saturated heterocycles. The van der Waals surface area contributed by atoms with Crippen molar-refractivity contribution in [3.63, 3.8) is 0 Å². The number of rotatable bonds is 8. The van der Waals surface area contributed by atoms with Crippen molar-refractivity contribution in [1.82, 2.24) is 24.7 Å². The van der Waals surface area contributed by atoms with Crippen molar-refractivity contribution in [1.29, 1.82) is 5.26 Å². The minimum atomic E-state index is -3.75. The molecule has 5 aromatic rings. The Balaban J connectivity index is 1.42. The first kappa shape index (κ1) is 31.0. The zero-order chi connectivity index (χ0) is 32.9. The Morgan fingerprint density at radius 1 is 1.09 bits per heavy atom. The Morgan fingerprint density at radius 2 is 1.89 bits per heavy atom. The van der Waals surface area contributed by atoms with E-state index in [2.05, 4.69) is 15.2 Å². The monoisotopic (exact) mass is 654 g/mol. The second-order valence-electron chi connectivity index (χ2n) is 12.7. The summed E-state index contributed by atoms with van der Waals surface area (Å²) in [6.07, 6.45) is 4.82. The molecule has 1 fully saturated rings. The van der Waals surface area contributed by atoms with Crippen LogP contribution in [0.15, 0.2) is 55.1 Å². The predicted octanol–water partition coefficient (Wildman–Crippen LogP) is 5.22. The van der Waals surface area contributed by atoms with Crippen LogP contribution in [-0.4, -0.2) is 52.1 Å². The number of nitrogens with zero attached hydrogens (tertiary/aromatic N) is 6. The maximum Gasteiger partial charge on any atom is 0.420 e. The van der Waals surface area contributed by atoms with Crippen molar-refractivity contribution in [2.75, 3.05) is 19.0 Å². The molecule has 0 aliphatic carbocycles. The minimum absolute atomic E-state index is 0.0385. The van der Waals surface area contributed by atoms with Gasteiger partial charge in [-0.2, -0.15) is 5.26 Å². The molecule has 0 amide bonds. The lowest BCUT2D eigenvalue weighted by Gasteiger charge is -2.23. The molecule has 242 valence electrons. The molecule has 1 unspecified atom stereocenters. The molecule has 0 radical (unpaired) electrons. The molecule has 1 aromatic carbocycles. The summed E-state index contributed by atoms with van der Waals surface area (Å²) in [4.78, 5) is 22.6. The number of nitriles is 1. The molecule has 7 rings (SSSR count). The second kappa shape index (κ2) is 12.2. The van der Waals surface area contributed by atoms with Crippen molar-refractivity contribution in [2.45, 2.75) is 63.8 Å². The number of hydrogen-bond acceptors (Lipinski definition) is 11. The Hall–Kier alpha value is -4.67. The molecule has 2 aliphatic heterocycles. The average molecular weight is 655 g/mol. The fraction of sp³-hybridized carbons (Fsp3) is 0.412. The van der Waals surface area contributed by atoms with Crippen LogP contribution < -0.4 is 5.76 Å². The van der Waals surface area contributed by atoms with Gasteiger partial charge in [0.05, 0.1) is 50.9 Å². The molecule has 2 aliphatic rings. The van der Waals surface area contributed by atoms with Crippen molar-refractivity contribution < 1.29 is 22.0 Å². The number of ether oxygens (including phenoxy) is 1. The highest BCUT2D eigenvalue weighted by molar-refractivity contribution is 7.92. The number of fused-ring (bicyclic) bond motifs is 2. The maximum absolute atomic E-state index is 14.0. The molecule has 47 heavy (non-hydrogen) atoms. The number of sulfone groups is 1. The quantitative estimate of drug-likeness (QED) is 0.215. The molecule has 13 heteroatoms. The van der Waals surface area contributed by atoms with Gasteiger partial charge in [-0.3, -0.25) is 14.5 Å². The van der Waals surface area contributed by atoms with Gasteiger partial charge in [0.2, 0.25) is 11.8 Å². The standard InChI is InChI=1S/C34H34N6O6S/c1-19(2)25-18-47(42,43)32-29(23-6-9-27-28(14-23)46-34(41)40(27)17-24-7-4-22(15-35)16-36-24)30(33-39-38-20(3)45-33)26(37-31(25)32)8-5-21-10-12-44-13-11-21/h4,6-7,9,14,16,19,21,25H,5,8,10-13,17-18H2,1-3H3. The molecule has 1 atom stereocenters. The summed E-state index contributed by atoms with van der Waals surface area (Å²) in [5, 5.41) is 17.5. The van der Waals surface area contributed by atoms with Crippen LogP contribution in [0.4, 0.5) is 0 Å². The van der Waals surface area contributed by atoms with E-state index in [1.54, 1.807) is 37.3 Å². The third-order valence-electron chi connectivity index (χ3n) is 9.22. The van der Waals surface area contributed by atoms with Gasteiger partial charge in [0, 0.05) is 37.8 Å². The van der Waals surface area contributed by atoms with Crippen LogP contribution in [0, 0.1) is 30.1 Å². The number of hydrogen-bond donors (Lipinski definition) is 0. The fourth-order valence-corrected chi connectivity index (χ4v) is 8.92. The minimum Gasteiger partial charge on any atom is -0.421 e. The molecule has 0 bridgehead atoms. The summed E-state index contributed by atoms with van der Waals surface area (Å²) in [6.45, 7) is 7.30. The van der Waals surface area contributed by atoms with E-state index in [9.17, 15) is 13.2 Å². The van der Waals surface area contributed by atoms with E-state index in [4.69, 9.17) is 23.8 Å². The van der Waals surface area contributed by atoms with Crippen molar-refractivity contribution in [3.05, 3.63) is 75.6 Å². The maximum atomic E-state index is 14.0. The van der Waals surface area contributed by atoms with Gasteiger partial charge in [-0.25, -0.2) is 13.2 Å². The smallest absolute Gasteiger partial charge is 0.420 e. The third kappa shape index (κ3) is 5.76. The summed E-state index contributed by atoms with van der Waals surface area (Å²) in [5.41, 5.74) is 4.56. The van der Waals surface area contributed by atoms with Gasteiger partial charge in [-0.1, -0.05) is 19.9 Å². The van der Waals surface area contributed by atoms with Crippen LogP contribution in [0.5, 0.6) is 0 Å². The Morgan fingerprint density at radius 3 is 2.57 bits per heavy atom. The van der Waals surface area contributed by atoms with E-state index < -0.39 is 15.6 Å². The first-order chi connectivity index (χ1) is 22.6. The van der Waals surface area contributed by atoms with Crippen molar-refractivity contribution in [2.24, 2.45) is 11.8 Å². The van der Waals surface area contributed by atoms with Crippen LogP contribution in [0.1, 0.15) is 67.6 Å². The molecular formula is C34H34N6O6S. The molecule has 0 N–H and O–H groups in total. The predicted molar refractivity (Wildman–Crippen MR) is 171 cm³/mol. The summed E-state index contributed by atoms with van der Waals surface area (Å²) in [5.74, 6) is 0.134. The molecule has 6 heterocycles. The van der Waals surface area contributed by atoms with Gasteiger partial charge >= 0.3 is 5.76 Å². The highest BCUT2D eigenvalue weighted by atomic mass is 32.2. The molecule has 12 nitrogen and oxygen atoms in total. The fourth-order valence-electron chi connectivity index (χ4n) is 6.69. The average Bonchev–Trinajstić information content (AvgIpc) is 3.72. The third-order valence-corrected chi connectivity index (χ3v) is 11.1. The van der Waals surface area contributed by atoms with E-state index in [-0.39, 0.29) is 34.9 Å². The highest BCUT2D eigenvalue weighted by Crippen LogP contribution is 2.48. The summed E-state index contributed by atoms with van der Waals surface area (Å²) < 4.78 is 46.7. The van der Waals surface area contributed by atoms with Crippen LogP contribution in [-0.2, 0) is 27.5 Å². The van der Waals surface area contributed by atoms with Crippen LogP contribution in [0.3, 0.4) is 0 Å². The number of benzene rings is 1. The lowest BCUT2D eigenvalue weighted by atomic mass is 9.88. The Bertz CT molecular complexity index is 2190.